The molecule has 1 saturated heterocycles. The van der Waals surface area contributed by atoms with E-state index >= 15 is 0 Å². The number of aliphatic hydroxyl groups excluding tert-OH is 3. The second-order valence-electron chi connectivity index (χ2n) is 5.03. The lowest BCUT2D eigenvalue weighted by Gasteiger charge is -2.29. The summed E-state index contributed by atoms with van der Waals surface area (Å²) in [5, 5.41) is 29.4. The van der Waals surface area contributed by atoms with Gasteiger partial charge >= 0.3 is 0 Å². The third kappa shape index (κ3) is 3.41. The molecule has 0 bridgehead atoms. The zero-order valence-electron chi connectivity index (χ0n) is 11.0. The van der Waals surface area contributed by atoms with Gasteiger partial charge in [0.2, 0.25) is 0 Å². The largest absolute Gasteiger partial charge is 0.395 e. The molecule has 0 saturated carbocycles. The lowest BCUT2D eigenvalue weighted by molar-refractivity contribution is 0.0174. The van der Waals surface area contributed by atoms with Crippen LogP contribution in [0.15, 0.2) is 0 Å². The summed E-state index contributed by atoms with van der Waals surface area (Å²) in [7, 11) is 0. The van der Waals surface area contributed by atoms with Crippen LogP contribution < -0.4 is 0 Å². The van der Waals surface area contributed by atoms with Crippen LogP contribution >= 0.6 is 0 Å². The Bertz CT molecular complexity index is 213. The summed E-state index contributed by atoms with van der Waals surface area (Å²) in [6.07, 6.45) is 3.64. The molecule has 17 heavy (non-hydrogen) atoms. The molecule has 1 fully saturated rings. The van der Waals surface area contributed by atoms with Crippen molar-refractivity contribution in [3.63, 3.8) is 0 Å². The van der Waals surface area contributed by atoms with Gasteiger partial charge in [0, 0.05) is 6.04 Å². The predicted octanol–water partition coefficient (Wildman–Crippen LogP) is 0.744. The third-order valence-electron chi connectivity index (χ3n) is 3.80. The second kappa shape index (κ2) is 7.31. The van der Waals surface area contributed by atoms with Gasteiger partial charge in [-0.15, -0.1) is 0 Å². The molecule has 0 aromatic rings. The van der Waals surface area contributed by atoms with Crippen LogP contribution in [0.4, 0.5) is 0 Å². The fraction of sp³-hybridized carbons (Fsp3) is 1.00. The van der Waals surface area contributed by atoms with Crippen LogP contribution in [-0.2, 0) is 0 Å². The standard InChI is InChI=1S/C13H27NO3/c1-3-5-7-10-12(16)13(17)11(9-15)14(10)8-6-4-2/h10-13,15-17H,3-9H2,1-2H3/t10-,11-,12-,13-/m0/s1. The van der Waals surface area contributed by atoms with Crippen LogP contribution in [0.1, 0.15) is 46.0 Å². The van der Waals surface area contributed by atoms with Crippen LogP contribution in [0.2, 0.25) is 0 Å². The minimum absolute atomic E-state index is 0.00801. The SMILES string of the molecule is CCCC[C@H]1[C@H](O)[C@@H](O)[C@H](CO)N1CCCC. The van der Waals surface area contributed by atoms with Gasteiger partial charge in [-0.1, -0.05) is 33.1 Å². The Hall–Kier alpha value is -0.160. The van der Waals surface area contributed by atoms with E-state index in [2.05, 4.69) is 18.7 Å². The van der Waals surface area contributed by atoms with Crippen molar-refractivity contribution in [3.05, 3.63) is 0 Å². The van der Waals surface area contributed by atoms with E-state index in [0.29, 0.717) is 0 Å². The normalized spacial score (nSPS) is 34.4. The minimum Gasteiger partial charge on any atom is -0.395 e. The van der Waals surface area contributed by atoms with E-state index in [0.717, 1.165) is 38.6 Å². The highest BCUT2D eigenvalue weighted by Gasteiger charge is 2.46. The molecule has 0 aliphatic carbocycles. The molecular weight excluding hydrogens is 218 g/mol. The summed E-state index contributed by atoms with van der Waals surface area (Å²) in [5.41, 5.74) is 0. The van der Waals surface area contributed by atoms with Crippen LogP contribution in [0.25, 0.3) is 0 Å². The summed E-state index contributed by atoms with van der Waals surface area (Å²) in [5.74, 6) is 0. The highest BCUT2D eigenvalue weighted by atomic mass is 16.3. The maximum Gasteiger partial charge on any atom is 0.0991 e. The summed E-state index contributed by atoms with van der Waals surface area (Å²) < 4.78 is 0. The number of hydrogen-bond acceptors (Lipinski definition) is 4. The molecule has 0 aromatic carbocycles. The molecule has 1 aliphatic rings. The van der Waals surface area contributed by atoms with Crippen molar-refractivity contribution < 1.29 is 15.3 Å². The molecule has 0 amide bonds. The summed E-state index contributed by atoms with van der Waals surface area (Å²) in [4.78, 5) is 2.11. The van der Waals surface area contributed by atoms with Crippen molar-refractivity contribution in [2.45, 2.75) is 70.2 Å². The van der Waals surface area contributed by atoms with Crippen LogP contribution in [0.5, 0.6) is 0 Å². The van der Waals surface area contributed by atoms with Crippen molar-refractivity contribution in [2.24, 2.45) is 0 Å². The van der Waals surface area contributed by atoms with E-state index in [1.54, 1.807) is 0 Å². The topological polar surface area (TPSA) is 63.9 Å². The first-order chi connectivity index (χ1) is 8.17. The molecule has 4 nitrogen and oxygen atoms in total. The Balaban J connectivity index is 2.67. The molecule has 4 atom stereocenters. The second-order valence-corrected chi connectivity index (χ2v) is 5.03. The van der Waals surface area contributed by atoms with Gasteiger partial charge in [0.1, 0.15) is 0 Å². The zero-order chi connectivity index (χ0) is 12.8. The highest BCUT2D eigenvalue weighted by Crippen LogP contribution is 2.28. The van der Waals surface area contributed by atoms with Crippen molar-refractivity contribution in [3.8, 4) is 0 Å². The van der Waals surface area contributed by atoms with E-state index in [1.807, 2.05) is 0 Å². The number of rotatable bonds is 7. The van der Waals surface area contributed by atoms with Gasteiger partial charge in [-0.2, -0.15) is 0 Å². The monoisotopic (exact) mass is 245 g/mol. The van der Waals surface area contributed by atoms with E-state index in [4.69, 9.17) is 0 Å². The summed E-state index contributed by atoms with van der Waals surface area (Å²) >= 11 is 0. The molecule has 3 N–H and O–H groups in total. The van der Waals surface area contributed by atoms with Crippen LogP contribution in [0, 0.1) is 0 Å². The quantitative estimate of drug-likeness (QED) is 0.619. The van der Waals surface area contributed by atoms with E-state index in [-0.39, 0.29) is 18.7 Å². The summed E-state index contributed by atoms with van der Waals surface area (Å²) in [6, 6.07) is -0.285. The average molecular weight is 245 g/mol. The van der Waals surface area contributed by atoms with Crippen molar-refractivity contribution in [1.82, 2.24) is 4.90 Å². The summed E-state index contributed by atoms with van der Waals surface area (Å²) in [6.45, 7) is 5.02. The van der Waals surface area contributed by atoms with Crippen molar-refractivity contribution in [1.29, 1.82) is 0 Å². The minimum atomic E-state index is -0.807. The Morgan fingerprint density at radius 2 is 1.53 bits per heavy atom. The fourth-order valence-electron chi connectivity index (χ4n) is 2.73. The molecular formula is C13H27NO3. The van der Waals surface area contributed by atoms with Crippen molar-refractivity contribution >= 4 is 0 Å². The van der Waals surface area contributed by atoms with Gasteiger partial charge < -0.3 is 15.3 Å². The predicted molar refractivity (Wildman–Crippen MR) is 67.8 cm³/mol. The molecule has 1 heterocycles. The van der Waals surface area contributed by atoms with E-state index in [9.17, 15) is 15.3 Å². The number of nitrogens with zero attached hydrogens (tertiary/aromatic N) is 1. The van der Waals surface area contributed by atoms with Crippen molar-refractivity contribution in [2.75, 3.05) is 13.2 Å². The smallest absolute Gasteiger partial charge is 0.0991 e. The first-order valence-corrected chi connectivity index (χ1v) is 6.90. The van der Waals surface area contributed by atoms with E-state index in [1.165, 1.54) is 0 Å². The number of aliphatic hydroxyl groups is 3. The Labute approximate surface area is 104 Å². The lowest BCUT2D eigenvalue weighted by atomic mass is 10.0. The van der Waals surface area contributed by atoms with Gasteiger partial charge in [0.15, 0.2) is 0 Å². The molecule has 1 aliphatic heterocycles. The molecule has 0 aromatic heterocycles. The fourth-order valence-corrected chi connectivity index (χ4v) is 2.73. The molecule has 0 spiro atoms. The highest BCUT2D eigenvalue weighted by molar-refractivity contribution is 5.00. The van der Waals surface area contributed by atoms with Crippen LogP contribution in [0.3, 0.4) is 0 Å². The van der Waals surface area contributed by atoms with Crippen LogP contribution in [-0.4, -0.2) is 57.7 Å². The van der Waals surface area contributed by atoms with Gasteiger partial charge in [0.05, 0.1) is 24.9 Å². The first kappa shape index (κ1) is 14.9. The average Bonchev–Trinajstić information content (AvgIpc) is 2.56. The van der Waals surface area contributed by atoms with E-state index < -0.39 is 12.2 Å². The third-order valence-corrected chi connectivity index (χ3v) is 3.80. The zero-order valence-corrected chi connectivity index (χ0v) is 11.0. The first-order valence-electron chi connectivity index (χ1n) is 6.90. The molecule has 4 heteroatoms. The number of unbranched alkanes of at least 4 members (excludes halogenated alkanes) is 2. The molecule has 0 radical (unpaired) electrons. The Morgan fingerprint density at radius 3 is 2.06 bits per heavy atom. The maximum atomic E-state index is 10.1. The van der Waals surface area contributed by atoms with Gasteiger partial charge in [-0.25, -0.2) is 0 Å². The lowest BCUT2D eigenvalue weighted by Crippen LogP contribution is -2.42. The number of likely N-dealkylation sites (tertiary alicyclic amines) is 1. The molecule has 102 valence electrons. The Kier molecular flexibility index (Phi) is 6.41. The molecule has 1 rings (SSSR count). The number of hydrogen-bond donors (Lipinski definition) is 3. The van der Waals surface area contributed by atoms with Gasteiger partial charge in [0.25, 0.3) is 0 Å². The Morgan fingerprint density at radius 1 is 0.941 bits per heavy atom. The molecule has 0 unspecified atom stereocenters. The van der Waals surface area contributed by atoms with Gasteiger partial charge in [-0.05, 0) is 19.4 Å². The van der Waals surface area contributed by atoms with Gasteiger partial charge in [-0.3, -0.25) is 4.90 Å². The maximum absolute atomic E-state index is 10.1.